The molecule has 2 rings (SSSR count). The highest BCUT2D eigenvalue weighted by Gasteiger charge is 2.30. The third-order valence-electron chi connectivity index (χ3n) is 6.07. The fourth-order valence-electron chi connectivity index (χ4n) is 4.35. The van der Waals surface area contributed by atoms with Gasteiger partial charge in [0, 0.05) is 0 Å². The Morgan fingerprint density at radius 1 is 0.800 bits per heavy atom. The molecule has 0 aromatic carbocycles. The predicted molar refractivity (Wildman–Crippen MR) is 107 cm³/mol. The van der Waals surface area contributed by atoms with Crippen LogP contribution in [-0.4, -0.2) is 15.0 Å². The lowest BCUT2D eigenvalue weighted by Gasteiger charge is -2.32. The summed E-state index contributed by atoms with van der Waals surface area (Å²) in [7, 11) is 0. The topological polar surface area (TPSA) is 30.7 Å². The first-order valence-corrected chi connectivity index (χ1v) is 11.1. The van der Waals surface area contributed by atoms with Crippen LogP contribution in [0, 0.1) is 0 Å². The maximum atomic E-state index is 4.71. The van der Waals surface area contributed by atoms with Gasteiger partial charge in [0.2, 0.25) is 0 Å². The van der Waals surface area contributed by atoms with Gasteiger partial charge in [-0.1, -0.05) is 83.3 Å². The summed E-state index contributed by atoms with van der Waals surface area (Å²) in [6.07, 6.45) is 20.9. The van der Waals surface area contributed by atoms with Gasteiger partial charge in [0.1, 0.15) is 0 Å². The van der Waals surface area contributed by atoms with E-state index < -0.39 is 0 Å². The monoisotopic (exact) mass is 347 g/mol. The minimum atomic E-state index is 0.168. The quantitative estimate of drug-likeness (QED) is 0.422. The van der Waals surface area contributed by atoms with E-state index in [0.29, 0.717) is 0 Å². The molecule has 0 spiro atoms. The fraction of sp³-hybridized carbons (Fsp3) is 0.909. The summed E-state index contributed by atoms with van der Waals surface area (Å²) in [5, 5.41) is 9.34. The van der Waals surface area contributed by atoms with E-state index in [1.165, 1.54) is 108 Å². The van der Waals surface area contributed by atoms with Crippen molar-refractivity contribution in [3.05, 3.63) is 11.4 Å². The molecule has 0 bridgehead atoms. The van der Waals surface area contributed by atoms with E-state index in [4.69, 9.17) is 5.21 Å². The summed E-state index contributed by atoms with van der Waals surface area (Å²) < 4.78 is 2.38. The molecule has 0 aliphatic heterocycles. The smallest absolute Gasteiger partial charge is 0.0859 e. The summed E-state index contributed by atoms with van der Waals surface area (Å²) >= 11 is 0. The number of aryl methyl sites for hydroxylation is 1. The van der Waals surface area contributed by atoms with Gasteiger partial charge in [0.05, 0.1) is 16.9 Å². The van der Waals surface area contributed by atoms with E-state index in [-0.39, 0.29) is 5.54 Å². The lowest BCUT2D eigenvalue weighted by Crippen LogP contribution is -2.33. The summed E-state index contributed by atoms with van der Waals surface area (Å²) in [6.45, 7) is 7.05. The average molecular weight is 348 g/mol. The van der Waals surface area contributed by atoms with Crippen LogP contribution >= 0.6 is 0 Å². The van der Waals surface area contributed by atoms with Crippen molar-refractivity contribution < 1.29 is 0 Å². The van der Waals surface area contributed by atoms with Crippen molar-refractivity contribution in [2.24, 2.45) is 0 Å². The third kappa shape index (κ3) is 6.11. The number of aromatic nitrogens is 3. The predicted octanol–water partition coefficient (Wildman–Crippen LogP) is 6.59. The van der Waals surface area contributed by atoms with Crippen LogP contribution in [0.1, 0.15) is 122 Å². The van der Waals surface area contributed by atoms with E-state index in [1.807, 2.05) is 0 Å². The normalized spacial score (nSPS) is 17.6. The Labute approximate surface area is 156 Å². The summed E-state index contributed by atoms with van der Waals surface area (Å²) in [5.74, 6) is 0. The van der Waals surface area contributed by atoms with Crippen LogP contribution in [0.3, 0.4) is 0 Å². The van der Waals surface area contributed by atoms with E-state index in [1.54, 1.807) is 0 Å². The van der Waals surface area contributed by atoms with Crippen molar-refractivity contribution in [2.75, 3.05) is 0 Å². The maximum Gasteiger partial charge on any atom is 0.0859 e. The van der Waals surface area contributed by atoms with Crippen molar-refractivity contribution in [3.63, 3.8) is 0 Å². The Morgan fingerprint density at radius 2 is 1.40 bits per heavy atom. The first-order chi connectivity index (χ1) is 12.2. The van der Waals surface area contributed by atoms with Crippen LogP contribution in [0.25, 0.3) is 0 Å². The van der Waals surface area contributed by atoms with Crippen LogP contribution in [0.4, 0.5) is 0 Å². The van der Waals surface area contributed by atoms with Crippen LogP contribution in [-0.2, 0) is 18.4 Å². The van der Waals surface area contributed by atoms with Crippen LogP contribution in [0.2, 0.25) is 0 Å². The molecule has 3 nitrogen and oxygen atoms in total. The van der Waals surface area contributed by atoms with Gasteiger partial charge in [-0.2, -0.15) is 0 Å². The molecule has 1 atom stereocenters. The van der Waals surface area contributed by atoms with Crippen molar-refractivity contribution in [1.29, 1.82) is 0 Å². The molecule has 0 fully saturated rings. The standard InChI is InChI=1S/C22H41N3/c1-4-6-8-11-15-19-22(3,18-14-7-5-2)25-21-17-13-10-9-12-16-20(21)23-24-25/h4-19H2,1-3H3. The molecule has 0 N–H and O–H groups in total. The first kappa shape index (κ1) is 20.5. The second kappa shape index (κ2) is 11.0. The van der Waals surface area contributed by atoms with Gasteiger partial charge < -0.3 is 0 Å². The van der Waals surface area contributed by atoms with E-state index in [0.717, 1.165) is 6.42 Å². The first-order valence-electron chi connectivity index (χ1n) is 11.1. The molecule has 0 saturated carbocycles. The highest BCUT2D eigenvalue weighted by Crippen LogP contribution is 2.33. The van der Waals surface area contributed by atoms with Gasteiger partial charge in [-0.3, -0.25) is 0 Å². The molecular formula is C22H41N3. The van der Waals surface area contributed by atoms with Gasteiger partial charge >= 0.3 is 0 Å². The Bertz CT molecular complexity index is 480. The van der Waals surface area contributed by atoms with Gasteiger partial charge in [-0.25, -0.2) is 4.68 Å². The number of rotatable bonds is 11. The molecule has 1 aromatic heterocycles. The molecule has 1 aromatic rings. The fourth-order valence-corrected chi connectivity index (χ4v) is 4.35. The van der Waals surface area contributed by atoms with Crippen molar-refractivity contribution in [2.45, 2.75) is 129 Å². The molecule has 1 aliphatic carbocycles. The summed E-state index contributed by atoms with van der Waals surface area (Å²) in [4.78, 5) is 0. The maximum absolute atomic E-state index is 4.71. The molecule has 0 saturated heterocycles. The Balaban J connectivity index is 2.10. The number of nitrogens with zero attached hydrogens (tertiary/aromatic N) is 3. The molecule has 3 heteroatoms. The van der Waals surface area contributed by atoms with Crippen LogP contribution < -0.4 is 0 Å². The van der Waals surface area contributed by atoms with Crippen molar-refractivity contribution in [3.8, 4) is 0 Å². The van der Waals surface area contributed by atoms with Gasteiger partial charge in [-0.05, 0) is 45.4 Å². The van der Waals surface area contributed by atoms with E-state index >= 15 is 0 Å². The molecule has 1 heterocycles. The van der Waals surface area contributed by atoms with Gasteiger partial charge in [-0.15, -0.1) is 5.10 Å². The van der Waals surface area contributed by atoms with Crippen LogP contribution in [0.5, 0.6) is 0 Å². The zero-order valence-electron chi connectivity index (χ0n) is 17.2. The zero-order chi connectivity index (χ0) is 18.0. The minimum Gasteiger partial charge on any atom is -0.243 e. The van der Waals surface area contributed by atoms with Crippen molar-refractivity contribution >= 4 is 0 Å². The Hall–Kier alpha value is -0.860. The van der Waals surface area contributed by atoms with E-state index in [9.17, 15) is 0 Å². The largest absolute Gasteiger partial charge is 0.243 e. The molecule has 1 aliphatic rings. The number of hydrogen-bond donors (Lipinski definition) is 0. The number of fused-ring (bicyclic) bond motifs is 1. The lowest BCUT2D eigenvalue weighted by molar-refractivity contribution is 0.216. The van der Waals surface area contributed by atoms with Gasteiger partial charge in [0.25, 0.3) is 0 Å². The summed E-state index contributed by atoms with van der Waals surface area (Å²) in [5.41, 5.74) is 2.93. The number of hydrogen-bond acceptors (Lipinski definition) is 2. The highest BCUT2D eigenvalue weighted by molar-refractivity contribution is 5.13. The minimum absolute atomic E-state index is 0.168. The Morgan fingerprint density at radius 3 is 2.12 bits per heavy atom. The Kier molecular flexibility index (Phi) is 8.98. The third-order valence-corrected chi connectivity index (χ3v) is 6.07. The lowest BCUT2D eigenvalue weighted by atomic mass is 9.87. The molecular weight excluding hydrogens is 306 g/mol. The van der Waals surface area contributed by atoms with E-state index in [2.05, 4.69) is 30.6 Å². The molecule has 0 amide bonds. The SMILES string of the molecule is CCCCCCCC(C)(CCCCC)n1nnc2c1CCCCCC2. The zero-order valence-corrected chi connectivity index (χ0v) is 17.2. The average Bonchev–Trinajstić information content (AvgIpc) is 2.97. The molecule has 0 radical (unpaired) electrons. The van der Waals surface area contributed by atoms with Crippen LogP contribution in [0.15, 0.2) is 0 Å². The highest BCUT2D eigenvalue weighted by atomic mass is 15.5. The van der Waals surface area contributed by atoms with Crippen molar-refractivity contribution in [1.82, 2.24) is 15.0 Å². The molecule has 1 unspecified atom stereocenters. The molecule has 25 heavy (non-hydrogen) atoms. The number of unbranched alkanes of at least 4 members (excludes halogenated alkanes) is 6. The second-order valence-electron chi connectivity index (χ2n) is 8.43. The van der Waals surface area contributed by atoms with Gasteiger partial charge in [0.15, 0.2) is 0 Å². The second-order valence-corrected chi connectivity index (χ2v) is 8.43. The molecule has 144 valence electrons. The summed E-state index contributed by atoms with van der Waals surface area (Å²) in [6, 6.07) is 0.